The Kier molecular flexibility index (Phi) is 4.02. The molecule has 6 nitrogen and oxygen atoms in total. The maximum atomic E-state index is 11.0. The fraction of sp³-hybridized carbons (Fsp3) is 0.231. The van der Waals surface area contributed by atoms with Crippen molar-refractivity contribution >= 4 is 11.5 Å². The summed E-state index contributed by atoms with van der Waals surface area (Å²) in [5.74, 6) is 1.03. The molecule has 0 aliphatic carbocycles. The summed E-state index contributed by atoms with van der Waals surface area (Å²) in [4.78, 5) is 19.0. The minimum atomic E-state index is -0.426. The van der Waals surface area contributed by atoms with E-state index in [2.05, 4.69) is 22.2 Å². The average Bonchev–Trinajstić information content (AvgIpc) is 2.45. The predicted octanol–water partition coefficient (Wildman–Crippen LogP) is 2.87. The molecule has 0 saturated carbocycles. The lowest BCUT2D eigenvalue weighted by atomic mass is 10.1. The second-order valence-electron chi connectivity index (χ2n) is 3.97. The number of hydrogen-bond acceptors (Lipinski definition) is 5. The van der Waals surface area contributed by atoms with Crippen LogP contribution in [-0.4, -0.2) is 21.4 Å². The molecular weight excluding hydrogens is 244 g/mol. The molecule has 0 fully saturated rings. The zero-order chi connectivity index (χ0) is 13.7. The van der Waals surface area contributed by atoms with Crippen molar-refractivity contribution < 1.29 is 4.92 Å². The molecule has 98 valence electrons. The molecule has 1 aromatic carbocycles. The first kappa shape index (κ1) is 12.9. The monoisotopic (exact) mass is 258 g/mol. The number of hydrogen-bond donors (Lipinski definition) is 1. The number of benzene rings is 1. The van der Waals surface area contributed by atoms with E-state index >= 15 is 0 Å². The number of nitrogens with zero attached hydrogens (tertiary/aromatic N) is 3. The molecule has 19 heavy (non-hydrogen) atoms. The van der Waals surface area contributed by atoms with Crippen molar-refractivity contribution in [2.24, 2.45) is 0 Å². The number of rotatable bonds is 5. The Morgan fingerprint density at radius 1 is 1.32 bits per heavy atom. The number of nitrogens with one attached hydrogen (secondary N) is 1. The summed E-state index contributed by atoms with van der Waals surface area (Å²) in [6, 6.07) is 8.20. The molecule has 1 N–H and O–H groups in total. The highest BCUT2D eigenvalue weighted by atomic mass is 16.6. The maximum absolute atomic E-state index is 11.0. The molecule has 0 bridgehead atoms. The average molecular weight is 258 g/mol. The van der Waals surface area contributed by atoms with Gasteiger partial charge in [-0.3, -0.25) is 10.1 Å². The smallest absolute Gasteiger partial charge is 0.280 e. The van der Waals surface area contributed by atoms with Gasteiger partial charge in [0.15, 0.2) is 5.82 Å². The van der Waals surface area contributed by atoms with Gasteiger partial charge in [-0.25, -0.2) is 9.97 Å². The van der Waals surface area contributed by atoms with Gasteiger partial charge < -0.3 is 5.32 Å². The van der Waals surface area contributed by atoms with E-state index in [9.17, 15) is 10.1 Å². The summed E-state index contributed by atoms with van der Waals surface area (Å²) >= 11 is 0. The Morgan fingerprint density at radius 2 is 2.11 bits per heavy atom. The van der Waals surface area contributed by atoms with E-state index in [0.29, 0.717) is 17.2 Å². The van der Waals surface area contributed by atoms with Crippen molar-refractivity contribution in [3.05, 3.63) is 46.6 Å². The van der Waals surface area contributed by atoms with Crippen molar-refractivity contribution in [2.75, 3.05) is 11.9 Å². The van der Waals surface area contributed by atoms with Crippen LogP contribution in [0.3, 0.4) is 0 Å². The molecule has 1 aromatic heterocycles. The molecule has 0 atom stereocenters. The number of anilines is 1. The second kappa shape index (κ2) is 5.90. The first-order valence-electron chi connectivity index (χ1n) is 6.03. The van der Waals surface area contributed by atoms with Gasteiger partial charge >= 0.3 is 0 Å². The third-order valence-corrected chi connectivity index (χ3v) is 2.55. The number of aromatic nitrogens is 2. The van der Waals surface area contributed by atoms with Gasteiger partial charge in [0.1, 0.15) is 5.82 Å². The van der Waals surface area contributed by atoms with E-state index in [-0.39, 0.29) is 5.69 Å². The summed E-state index contributed by atoms with van der Waals surface area (Å²) in [7, 11) is 0. The lowest BCUT2D eigenvalue weighted by Gasteiger charge is -2.06. The van der Waals surface area contributed by atoms with Gasteiger partial charge in [-0.1, -0.05) is 19.1 Å². The molecule has 0 spiro atoms. The zero-order valence-corrected chi connectivity index (χ0v) is 10.5. The van der Waals surface area contributed by atoms with Crippen LogP contribution in [0.15, 0.2) is 36.5 Å². The molecule has 2 rings (SSSR count). The van der Waals surface area contributed by atoms with E-state index in [1.165, 1.54) is 6.07 Å². The van der Waals surface area contributed by atoms with Crippen LogP contribution in [-0.2, 0) is 0 Å². The van der Waals surface area contributed by atoms with E-state index in [1.54, 1.807) is 30.5 Å². The fourth-order valence-corrected chi connectivity index (χ4v) is 1.66. The number of nitro benzene ring substituents is 1. The third kappa shape index (κ3) is 3.04. The third-order valence-electron chi connectivity index (χ3n) is 2.55. The quantitative estimate of drug-likeness (QED) is 0.658. The van der Waals surface area contributed by atoms with Crippen LogP contribution in [0.4, 0.5) is 11.5 Å². The number of nitro groups is 1. The Morgan fingerprint density at radius 3 is 2.84 bits per heavy atom. The van der Waals surface area contributed by atoms with Crippen molar-refractivity contribution in [2.45, 2.75) is 13.3 Å². The molecular formula is C13H14N4O2. The lowest BCUT2D eigenvalue weighted by molar-refractivity contribution is -0.384. The highest BCUT2D eigenvalue weighted by Crippen LogP contribution is 2.26. The largest absolute Gasteiger partial charge is 0.370 e. The molecule has 0 aliphatic heterocycles. The Balaban J connectivity index is 2.39. The summed E-state index contributed by atoms with van der Waals surface area (Å²) in [5, 5.41) is 14.1. The van der Waals surface area contributed by atoms with Gasteiger partial charge in [0.25, 0.3) is 5.69 Å². The molecule has 1 heterocycles. The van der Waals surface area contributed by atoms with Gasteiger partial charge in [-0.2, -0.15) is 0 Å². The summed E-state index contributed by atoms with van der Waals surface area (Å²) in [6.45, 7) is 2.85. The number of para-hydroxylation sites is 1. The first-order valence-corrected chi connectivity index (χ1v) is 6.03. The first-order chi connectivity index (χ1) is 9.22. The van der Waals surface area contributed by atoms with Crippen molar-refractivity contribution in [3.63, 3.8) is 0 Å². The topological polar surface area (TPSA) is 81.0 Å². The molecule has 0 aliphatic rings. The van der Waals surface area contributed by atoms with Crippen LogP contribution in [0.25, 0.3) is 11.4 Å². The van der Waals surface area contributed by atoms with Gasteiger partial charge in [-0.05, 0) is 18.6 Å². The molecule has 0 radical (unpaired) electrons. The molecule has 0 unspecified atom stereocenters. The van der Waals surface area contributed by atoms with Crippen LogP contribution in [0.1, 0.15) is 13.3 Å². The predicted molar refractivity (Wildman–Crippen MR) is 72.9 cm³/mol. The van der Waals surface area contributed by atoms with Gasteiger partial charge in [-0.15, -0.1) is 0 Å². The SMILES string of the molecule is CCCNc1ccnc(-c2ccccc2[N+](=O)[O-])n1. The zero-order valence-electron chi connectivity index (χ0n) is 10.5. The molecule has 0 saturated heterocycles. The van der Waals surface area contributed by atoms with Crippen LogP contribution in [0.2, 0.25) is 0 Å². The van der Waals surface area contributed by atoms with Crippen molar-refractivity contribution in [3.8, 4) is 11.4 Å². The molecule has 6 heteroatoms. The summed E-state index contributed by atoms with van der Waals surface area (Å²) in [5.41, 5.74) is 0.433. The highest BCUT2D eigenvalue weighted by molar-refractivity contribution is 5.68. The van der Waals surface area contributed by atoms with E-state index < -0.39 is 4.92 Å². The maximum Gasteiger partial charge on any atom is 0.280 e. The van der Waals surface area contributed by atoms with Crippen molar-refractivity contribution in [1.82, 2.24) is 9.97 Å². The van der Waals surface area contributed by atoms with Crippen molar-refractivity contribution in [1.29, 1.82) is 0 Å². The summed E-state index contributed by atoms with van der Waals surface area (Å²) < 4.78 is 0. The Labute approximate surface area is 110 Å². The van der Waals surface area contributed by atoms with Gasteiger partial charge in [0.05, 0.1) is 10.5 Å². The lowest BCUT2D eigenvalue weighted by Crippen LogP contribution is -2.03. The minimum absolute atomic E-state index is 0.00939. The Bertz CT molecular complexity index is 586. The molecule has 0 amide bonds. The van der Waals surface area contributed by atoms with E-state index in [0.717, 1.165) is 13.0 Å². The Hall–Kier alpha value is -2.50. The molecule has 2 aromatic rings. The van der Waals surface area contributed by atoms with Crippen LogP contribution in [0, 0.1) is 10.1 Å². The fourth-order valence-electron chi connectivity index (χ4n) is 1.66. The standard InChI is InChI=1S/C13H14N4O2/c1-2-8-14-12-7-9-15-13(16-12)10-5-3-4-6-11(10)17(18)19/h3-7,9H,2,8H2,1H3,(H,14,15,16). The minimum Gasteiger partial charge on any atom is -0.370 e. The highest BCUT2D eigenvalue weighted by Gasteiger charge is 2.16. The van der Waals surface area contributed by atoms with Crippen LogP contribution >= 0.6 is 0 Å². The second-order valence-corrected chi connectivity index (χ2v) is 3.97. The van der Waals surface area contributed by atoms with E-state index in [4.69, 9.17) is 0 Å². The summed E-state index contributed by atoms with van der Waals surface area (Å²) in [6.07, 6.45) is 2.57. The van der Waals surface area contributed by atoms with E-state index in [1.807, 2.05) is 0 Å². The van der Waals surface area contributed by atoms with Gasteiger partial charge in [0, 0.05) is 18.8 Å². The normalized spacial score (nSPS) is 10.2. The van der Waals surface area contributed by atoms with Crippen LogP contribution in [0.5, 0.6) is 0 Å². The van der Waals surface area contributed by atoms with Crippen LogP contribution < -0.4 is 5.32 Å². The van der Waals surface area contributed by atoms with Gasteiger partial charge in [0.2, 0.25) is 0 Å².